The van der Waals surface area contributed by atoms with Crippen LogP contribution in [-0.2, 0) is 11.3 Å². The number of rotatable bonds is 6. The molecule has 0 radical (unpaired) electrons. The summed E-state index contributed by atoms with van der Waals surface area (Å²) in [6.07, 6.45) is 7.01. The van der Waals surface area contributed by atoms with Crippen molar-refractivity contribution in [1.29, 1.82) is 0 Å². The highest BCUT2D eigenvalue weighted by atomic mass is 16.2. The van der Waals surface area contributed by atoms with E-state index < -0.39 is 0 Å². The van der Waals surface area contributed by atoms with Gasteiger partial charge in [0.1, 0.15) is 0 Å². The van der Waals surface area contributed by atoms with Gasteiger partial charge < -0.3 is 5.32 Å². The minimum Gasteiger partial charge on any atom is -0.322 e. The summed E-state index contributed by atoms with van der Waals surface area (Å²) in [7, 11) is 1.91. The zero-order valence-electron chi connectivity index (χ0n) is 12.7. The van der Waals surface area contributed by atoms with Crippen LogP contribution < -0.4 is 5.32 Å². The Morgan fingerprint density at radius 2 is 2.10 bits per heavy atom. The Kier molecular flexibility index (Phi) is 5.05. The Balaban J connectivity index is 1.83. The van der Waals surface area contributed by atoms with Gasteiger partial charge in [-0.3, -0.25) is 19.4 Å². The molecule has 0 aliphatic carbocycles. The average Bonchev–Trinajstić information content (AvgIpc) is 2.88. The van der Waals surface area contributed by atoms with Crippen molar-refractivity contribution in [2.45, 2.75) is 26.4 Å². The highest BCUT2D eigenvalue weighted by Crippen LogP contribution is 2.10. The van der Waals surface area contributed by atoms with E-state index in [1.165, 1.54) is 0 Å². The van der Waals surface area contributed by atoms with E-state index in [4.69, 9.17) is 0 Å². The summed E-state index contributed by atoms with van der Waals surface area (Å²) < 4.78 is 1.82. The molecule has 0 bridgehead atoms. The number of amides is 1. The van der Waals surface area contributed by atoms with Crippen LogP contribution in [0.1, 0.15) is 25.5 Å². The van der Waals surface area contributed by atoms with Gasteiger partial charge in [0.2, 0.25) is 5.91 Å². The third-order valence-electron chi connectivity index (χ3n) is 3.03. The van der Waals surface area contributed by atoms with E-state index in [-0.39, 0.29) is 11.9 Å². The lowest BCUT2D eigenvalue weighted by atomic mass is 10.2. The number of anilines is 1. The van der Waals surface area contributed by atoms with Crippen LogP contribution in [-0.4, -0.2) is 39.2 Å². The summed E-state index contributed by atoms with van der Waals surface area (Å²) in [5.74, 6) is -0.0464. The predicted octanol–water partition coefficient (Wildman–Crippen LogP) is 1.93. The molecule has 0 aromatic carbocycles. The molecule has 2 heterocycles. The molecule has 0 aliphatic heterocycles. The molecule has 2 aromatic rings. The van der Waals surface area contributed by atoms with E-state index in [0.29, 0.717) is 13.1 Å². The zero-order valence-corrected chi connectivity index (χ0v) is 12.7. The highest BCUT2D eigenvalue weighted by Gasteiger charge is 2.09. The number of carbonyl (C=O) groups is 1. The van der Waals surface area contributed by atoms with Gasteiger partial charge in [0.25, 0.3) is 0 Å². The lowest BCUT2D eigenvalue weighted by Gasteiger charge is -2.15. The molecule has 21 heavy (non-hydrogen) atoms. The maximum Gasteiger partial charge on any atom is 0.238 e. The Morgan fingerprint density at radius 3 is 2.71 bits per heavy atom. The summed E-state index contributed by atoms with van der Waals surface area (Å²) in [5.41, 5.74) is 1.86. The Labute approximate surface area is 124 Å². The quantitative estimate of drug-likeness (QED) is 0.882. The molecule has 0 spiro atoms. The Bertz CT molecular complexity index is 579. The van der Waals surface area contributed by atoms with Crippen LogP contribution in [0.15, 0.2) is 36.9 Å². The summed E-state index contributed by atoms with van der Waals surface area (Å²) in [6, 6.07) is 4.17. The molecule has 0 saturated heterocycles. The fourth-order valence-electron chi connectivity index (χ4n) is 1.99. The molecule has 1 amide bonds. The van der Waals surface area contributed by atoms with Gasteiger partial charge in [-0.15, -0.1) is 0 Å². The normalized spacial score (nSPS) is 11.1. The first kappa shape index (κ1) is 15.2. The molecule has 112 valence electrons. The van der Waals surface area contributed by atoms with Gasteiger partial charge in [0.15, 0.2) is 0 Å². The highest BCUT2D eigenvalue weighted by molar-refractivity contribution is 5.91. The minimum atomic E-state index is -0.0464. The standard InChI is InChI=1S/C15H21N5O/c1-12(2)20-10-14(8-17-20)18-15(21)11-19(3)9-13-4-6-16-7-5-13/h4-8,10,12H,9,11H2,1-3H3,(H,18,21). The first-order chi connectivity index (χ1) is 10.0. The second kappa shape index (κ2) is 6.99. The first-order valence-corrected chi connectivity index (χ1v) is 6.96. The van der Waals surface area contributed by atoms with Crippen molar-refractivity contribution in [2.75, 3.05) is 18.9 Å². The van der Waals surface area contributed by atoms with Gasteiger partial charge in [-0.2, -0.15) is 5.10 Å². The van der Waals surface area contributed by atoms with Gasteiger partial charge in [0.05, 0.1) is 18.4 Å². The molecular formula is C15H21N5O. The molecule has 6 heteroatoms. The monoisotopic (exact) mass is 287 g/mol. The van der Waals surface area contributed by atoms with Gasteiger partial charge >= 0.3 is 0 Å². The van der Waals surface area contributed by atoms with Crippen molar-refractivity contribution in [3.05, 3.63) is 42.5 Å². The number of carbonyl (C=O) groups excluding carboxylic acids is 1. The molecule has 0 fully saturated rings. The largest absolute Gasteiger partial charge is 0.322 e. The van der Waals surface area contributed by atoms with E-state index in [0.717, 1.165) is 11.3 Å². The van der Waals surface area contributed by atoms with Crippen molar-refractivity contribution in [3.8, 4) is 0 Å². The smallest absolute Gasteiger partial charge is 0.238 e. The summed E-state index contributed by atoms with van der Waals surface area (Å²) in [6.45, 7) is 5.12. The molecule has 1 N–H and O–H groups in total. The van der Waals surface area contributed by atoms with Crippen LogP contribution in [0.5, 0.6) is 0 Å². The van der Waals surface area contributed by atoms with Gasteiger partial charge in [-0.25, -0.2) is 0 Å². The molecule has 6 nitrogen and oxygen atoms in total. The van der Waals surface area contributed by atoms with E-state index in [1.54, 1.807) is 18.6 Å². The van der Waals surface area contributed by atoms with Gasteiger partial charge in [0, 0.05) is 31.2 Å². The van der Waals surface area contributed by atoms with Crippen LogP contribution in [0, 0.1) is 0 Å². The number of aromatic nitrogens is 3. The SMILES string of the molecule is CC(C)n1cc(NC(=O)CN(C)Cc2ccncc2)cn1. The van der Waals surface area contributed by atoms with Crippen molar-refractivity contribution >= 4 is 11.6 Å². The second-order valence-electron chi connectivity index (χ2n) is 5.38. The van der Waals surface area contributed by atoms with Gasteiger partial charge in [-0.1, -0.05) is 0 Å². The fourth-order valence-corrected chi connectivity index (χ4v) is 1.99. The summed E-state index contributed by atoms with van der Waals surface area (Å²) in [5, 5.41) is 7.05. The number of nitrogens with one attached hydrogen (secondary N) is 1. The van der Waals surface area contributed by atoms with E-state index in [1.807, 2.05) is 48.8 Å². The lowest BCUT2D eigenvalue weighted by Crippen LogP contribution is -2.29. The van der Waals surface area contributed by atoms with Crippen molar-refractivity contribution in [3.63, 3.8) is 0 Å². The van der Waals surface area contributed by atoms with E-state index in [9.17, 15) is 4.79 Å². The van der Waals surface area contributed by atoms with Crippen molar-refractivity contribution in [1.82, 2.24) is 19.7 Å². The maximum absolute atomic E-state index is 12.0. The van der Waals surface area contributed by atoms with E-state index in [2.05, 4.69) is 15.4 Å². The number of hydrogen-bond acceptors (Lipinski definition) is 4. The lowest BCUT2D eigenvalue weighted by molar-refractivity contribution is -0.117. The average molecular weight is 287 g/mol. The molecule has 0 unspecified atom stereocenters. The maximum atomic E-state index is 12.0. The van der Waals surface area contributed by atoms with Crippen molar-refractivity contribution < 1.29 is 4.79 Å². The van der Waals surface area contributed by atoms with Gasteiger partial charge in [-0.05, 0) is 38.6 Å². The molecular weight excluding hydrogens is 266 g/mol. The third-order valence-corrected chi connectivity index (χ3v) is 3.03. The van der Waals surface area contributed by atoms with Crippen LogP contribution >= 0.6 is 0 Å². The Hall–Kier alpha value is -2.21. The summed E-state index contributed by atoms with van der Waals surface area (Å²) >= 11 is 0. The van der Waals surface area contributed by atoms with E-state index >= 15 is 0 Å². The summed E-state index contributed by atoms with van der Waals surface area (Å²) in [4.78, 5) is 17.9. The van der Waals surface area contributed by atoms with Crippen LogP contribution in [0.2, 0.25) is 0 Å². The molecule has 0 atom stereocenters. The molecule has 0 saturated carbocycles. The molecule has 0 aliphatic rings. The molecule has 2 rings (SSSR count). The number of nitrogens with zero attached hydrogens (tertiary/aromatic N) is 4. The number of likely N-dealkylation sites (N-methyl/N-ethyl adjacent to an activating group) is 1. The second-order valence-corrected chi connectivity index (χ2v) is 5.38. The van der Waals surface area contributed by atoms with Crippen LogP contribution in [0.25, 0.3) is 0 Å². The van der Waals surface area contributed by atoms with Crippen LogP contribution in [0.3, 0.4) is 0 Å². The predicted molar refractivity (Wildman–Crippen MR) is 81.8 cm³/mol. The minimum absolute atomic E-state index is 0.0464. The first-order valence-electron chi connectivity index (χ1n) is 6.96. The zero-order chi connectivity index (χ0) is 15.2. The number of pyridine rings is 1. The van der Waals surface area contributed by atoms with Crippen molar-refractivity contribution in [2.24, 2.45) is 0 Å². The van der Waals surface area contributed by atoms with Crippen LogP contribution in [0.4, 0.5) is 5.69 Å². The fraction of sp³-hybridized carbons (Fsp3) is 0.400. The number of hydrogen-bond donors (Lipinski definition) is 1. The third kappa shape index (κ3) is 4.68. The molecule has 2 aromatic heterocycles. The Morgan fingerprint density at radius 1 is 1.38 bits per heavy atom. The topological polar surface area (TPSA) is 63.1 Å².